The maximum atomic E-state index is 12.2. The quantitative estimate of drug-likeness (QED) is 0.760. The largest absolute Gasteiger partial charge is 0.481 e. The van der Waals surface area contributed by atoms with Gasteiger partial charge in [0.15, 0.2) is 0 Å². The first-order chi connectivity index (χ1) is 7.58. The van der Waals surface area contributed by atoms with Crippen LogP contribution in [0.3, 0.4) is 0 Å². The predicted molar refractivity (Wildman–Crippen MR) is 58.8 cm³/mol. The molecule has 1 N–H and O–H groups in total. The number of rotatable bonds is 7. The average Bonchev–Trinajstić information content (AvgIpc) is 2.12. The van der Waals surface area contributed by atoms with Crippen molar-refractivity contribution in [3.8, 4) is 0 Å². The van der Waals surface area contributed by atoms with E-state index in [2.05, 4.69) is 0 Å². The first-order valence-electron chi connectivity index (χ1n) is 5.61. The highest BCUT2D eigenvalue weighted by Crippen LogP contribution is 2.23. The lowest BCUT2D eigenvalue weighted by molar-refractivity contribution is -0.150. The van der Waals surface area contributed by atoms with Gasteiger partial charge in [0.25, 0.3) is 0 Å². The molecule has 0 aromatic carbocycles. The molecule has 0 amide bonds. The van der Waals surface area contributed by atoms with Gasteiger partial charge in [0, 0.05) is 0 Å². The highest BCUT2D eigenvalue weighted by atomic mass is 19.4. The van der Waals surface area contributed by atoms with Gasteiger partial charge in [-0.2, -0.15) is 13.2 Å². The van der Waals surface area contributed by atoms with E-state index in [0.29, 0.717) is 13.0 Å². The second kappa shape index (κ2) is 6.23. The van der Waals surface area contributed by atoms with Gasteiger partial charge >= 0.3 is 12.1 Å². The number of alkyl halides is 3. The van der Waals surface area contributed by atoms with Crippen LogP contribution in [0.1, 0.15) is 33.6 Å². The number of carboxylic acid groups (broad SMARTS) is 1. The smallest absolute Gasteiger partial charge is 0.401 e. The van der Waals surface area contributed by atoms with Crippen molar-refractivity contribution in [2.75, 3.05) is 19.6 Å². The van der Waals surface area contributed by atoms with E-state index in [1.165, 1.54) is 18.7 Å². The maximum Gasteiger partial charge on any atom is 0.401 e. The highest BCUT2D eigenvalue weighted by Gasteiger charge is 2.32. The molecule has 0 aliphatic heterocycles. The molecular formula is C11H20F3NO2. The molecule has 0 unspecified atom stereocenters. The van der Waals surface area contributed by atoms with Gasteiger partial charge in [-0.05, 0) is 39.8 Å². The summed E-state index contributed by atoms with van der Waals surface area (Å²) in [6.45, 7) is 4.34. The lowest BCUT2D eigenvalue weighted by Crippen LogP contribution is -2.38. The van der Waals surface area contributed by atoms with Crippen LogP contribution in [0.4, 0.5) is 13.2 Å². The van der Waals surface area contributed by atoms with E-state index in [-0.39, 0.29) is 13.0 Å². The van der Waals surface area contributed by atoms with E-state index >= 15 is 0 Å². The minimum atomic E-state index is -4.23. The zero-order valence-electron chi connectivity index (χ0n) is 10.5. The number of nitrogens with zero attached hydrogens (tertiary/aromatic N) is 1. The van der Waals surface area contributed by atoms with Crippen molar-refractivity contribution in [3.05, 3.63) is 0 Å². The summed E-state index contributed by atoms with van der Waals surface area (Å²) in [5, 5.41) is 8.88. The normalized spacial score (nSPS) is 13.1. The molecule has 0 bridgehead atoms. The van der Waals surface area contributed by atoms with Gasteiger partial charge in [-0.1, -0.05) is 6.92 Å². The van der Waals surface area contributed by atoms with Crippen molar-refractivity contribution in [2.45, 2.75) is 39.8 Å². The van der Waals surface area contributed by atoms with Crippen LogP contribution in [0.5, 0.6) is 0 Å². The van der Waals surface area contributed by atoms with Crippen molar-refractivity contribution in [3.63, 3.8) is 0 Å². The van der Waals surface area contributed by atoms with Gasteiger partial charge < -0.3 is 5.11 Å². The number of hydrogen-bond donors (Lipinski definition) is 1. The summed E-state index contributed by atoms with van der Waals surface area (Å²) in [4.78, 5) is 12.1. The van der Waals surface area contributed by atoms with E-state index in [1.807, 2.05) is 0 Å². The number of carboxylic acids is 1. The fourth-order valence-corrected chi connectivity index (χ4v) is 1.38. The maximum absolute atomic E-state index is 12.2. The molecule has 0 aromatic heterocycles. The predicted octanol–water partition coefficient (Wildman–Crippen LogP) is 2.76. The van der Waals surface area contributed by atoms with Crippen LogP contribution in [0.2, 0.25) is 0 Å². The Morgan fingerprint density at radius 2 is 1.76 bits per heavy atom. The first kappa shape index (κ1) is 16.2. The molecule has 0 radical (unpaired) electrons. The third kappa shape index (κ3) is 7.20. The van der Waals surface area contributed by atoms with Crippen LogP contribution in [0.25, 0.3) is 0 Å². The second-order valence-corrected chi connectivity index (χ2v) is 4.83. The fraction of sp³-hybridized carbons (Fsp3) is 0.909. The van der Waals surface area contributed by atoms with Gasteiger partial charge in [-0.15, -0.1) is 0 Å². The Kier molecular flexibility index (Phi) is 5.95. The standard InChI is InChI=1S/C11H20F3NO2/c1-4-6-15(8-11(12,13)14)7-5-10(2,3)9(16)17/h4-8H2,1-3H3,(H,16,17). The molecule has 0 aliphatic rings. The van der Waals surface area contributed by atoms with Crippen molar-refractivity contribution in [2.24, 2.45) is 5.41 Å². The second-order valence-electron chi connectivity index (χ2n) is 4.83. The number of aliphatic carboxylic acids is 1. The van der Waals surface area contributed by atoms with Crippen LogP contribution in [0.15, 0.2) is 0 Å². The van der Waals surface area contributed by atoms with Crippen molar-refractivity contribution in [1.29, 1.82) is 0 Å². The Morgan fingerprint density at radius 3 is 2.12 bits per heavy atom. The fourth-order valence-electron chi connectivity index (χ4n) is 1.38. The Morgan fingerprint density at radius 1 is 1.24 bits per heavy atom. The molecule has 17 heavy (non-hydrogen) atoms. The SMILES string of the molecule is CCCN(CCC(C)(C)C(=O)O)CC(F)(F)F. The molecular weight excluding hydrogens is 235 g/mol. The van der Waals surface area contributed by atoms with E-state index in [1.54, 1.807) is 6.92 Å². The molecule has 3 nitrogen and oxygen atoms in total. The molecule has 0 rings (SSSR count). The molecule has 102 valence electrons. The first-order valence-corrected chi connectivity index (χ1v) is 5.61. The van der Waals surface area contributed by atoms with Crippen molar-refractivity contribution < 1.29 is 23.1 Å². The van der Waals surface area contributed by atoms with E-state index in [9.17, 15) is 18.0 Å². The van der Waals surface area contributed by atoms with Crippen LogP contribution in [0, 0.1) is 5.41 Å². The molecule has 0 saturated carbocycles. The van der Waals surface area contributed by atoms with Gasteiger partial charge in [0.2, 0.25) is 0 Å². The zero-order valence-corrected chi connectivity index (χ0v) is 10.5. The van der Waals surface area contributed by atoms with Crippen molar-refractivity contribution >= 4 is 5.97 Å². The number of halogens is 3. The molecule has 0 aliphatic carbocycles. The Bertz CT molecular complexity index is 252. The summed E-state index contributed by atoms with van der Waals surface area (Å²) in [5.41, 5.74) is -0.989. The van der Waals surface area contributed by atoms with Crippen LogP contribution >= 0.6 is 0 Å². The molecule has 0 fully saturated rings. The molecule has 0 spiro atoms. The van der Waals surface area contributed by atoms with E-state index in [0.717, 1.165) is 0 Å². The van der Waals surface area contributed by atoms with Crippen LogP contribution in [-0.2, 0) is 4.79 Å². The topological polar surface area (TPSA) is 40.5 Å². The summed E-state index contributed by atoms with van der Waals surface area (Å²) in [6, 6.07) is 0. The molecule has 6 heteroatoms. The lowest BCUT2D eigenvalue weighted by Gasteiger charge is -2.27. The summed E-state index contributed by atoms with van der Waals surface area (Å²) in [7, 11) is 0. The molecule has 0 heterocycles. The van der Waals surface area contributed by atoms with Crippen LogP contribution in [-0.4, -0.2) is 41.8 Å². The monoisotopic (exact) mass is 255 g/mol. The number of carbonyl (C=O) groups is 1. The average molecular weight is 255 g/mol. The van der Waals surface area contributed by atoms with Gasteiger partial charge in [0.1, 0.15) is 0 Å². The Labute approximate surface area is 99.6 Å². The highest BCUT2D eigenvalue weighted by molar-refractivity contribution is 5.73. The lowest BCUT2D eigenvalue weighted by atomic mass is 9.89. The molecule has 0 saturated heterocycles. The van der Waals surface area contributed by atoms with Crippen LogP contribution < -0.4 is 0 Å². The zero-order chi connectivity index (χ0) is 13.7. The van der Waals surface area contributed by atoms with Gasteiger partial charge in [-0.25, -0.2) is 0 Å². The molecule has 0 aromatic rings. The van der Waals surface area contributed by atoms with Gasteiger partial charge in [-0.3, -0.25) is 9.69 Å². The third-order valence-corrected chi connectivity index (χ3v) is 2.57. The van der Waals surface area contributed by atoms with Gasteiger partial charge in [0.05, 0.1) is 12.0 Å². The number of hydrogen-bond acceptors (Lipinski definition) is 2. The summed E-state index contributed by atoms with van der Waals surface area (Å²) in [6.07, 6.45) is -3.41. The summed E-state index contributed by atoms with van der Waals surface area (Å²) in [5.74, 6) is -0.985. The Hall–Kier alpha value is -0.780. The summed E-state index contributed by atoms with van der Waals surface area (Å²) < 4.78 is 36.7. The summed E-state index contributed by atoms with van der Waals surface area (Å²) >= 11 is 0. The van der Waals surface area contributed by atoms with E-state index in [4.69, 9.17) is 5.11 Å². The van der Waals surface area contributed by atoms with E-state index < -0.39 is 24.1 Å². The molecule has 0 atom stereocenters. The third-order valence-electron chi connectivity index (χ3n) is 2.57. The minimum absolute atomic E-state index is 0.145. The minimum Gasteiger partial charge on any atom is -0.481 e. The Balaban J connectivity index is 4.32. The van der Waals surface area contributed by atoms with Crippen molar-refractivity contribution in [1.82, 2.24) is 4.90 Å².